The van der Waals surface area contributed by atoms with Crippen molar-refractivity contribution in [2.24, 2.45) is 5.41 Å². The third-order valence-electron chi connectivity index (χ3n) is 5.10. The van der Waals surface area contributed by atoms with Gasteiger partial charge in [-0.3, -0.25) is 9.20 Å². The molecule has 1 amide bonds. The number of rotatable bonds is 6. The molecule has 1 N–H and O–H groups in total. The van der Waals surface area contributed by atoms with Crippen LogP contribution in [0.5, 0.6) is 0 Å². The lowest BCUT2D eigenvalue weighted by Gasteiger charge is -2.40. The third-order valence-corrected chi connectivity index (χ3v) is 7.89. The van der Waals surface area contributed by atoms with Gasteiger partial charge in [0.1, 0.15) is 5.69 Å². The maximum absolute atomic E-state index is 12.5. The first-order chi connectivity index (χ1) is 12.8. The summed E-state index contributed by atoms with van der Waals surface area (Å²) in [6, 6.07) is 0. The minimum absolute atomic E-state index is 0.0562. The van der Waals surface area contributed by atoms with E-state index in [0.29, 0.717) is 13.0 Å². The van der Waals surface area contributed by atoms with Gasteiger partial charge in [-0.15, -0.1) is 11.3 Å². The maximum atomic E-state index is 12.5. The van der Waals surface area contributed by atoms with E-state index in [4.69, 9.17) is 0 Å². The molecule has 0 unspecified atom stereocenters. The summed E-state index contributed by atoms with van der Waals surface area (Å²) in [6.45, 7) is 9.65. The van der Waals surface area contributed by atoms with Crippen molar-refractivity contribution >= 4 is 32.2 Å². The molecule has 0 fully saturated rings. The van der Waals surface area contributed by atoms with E-state index in [-0.39, 0.29) is 22.3 Å². The molecule has 2 aromatic rings. The Morgan fingerprint density at radius 2 is 2.00 bits per heavy atom. The monoisotopic (exact) mass is 426 g/mol. The molecule has 0 aliphatic heterocycles. The highest BCUT2D eigenvalue weighted by atomic mass is 32.2. The molecule has 7 nitrogen and oxygen atoms in total. The second-order valence-electron chi connectivity index (χ2n) is 9.47. The summed E-state index contributed by atoms with van der Waals surface area (Å²) < 4.78 is 28.5. The first-order valence-corrected chi connectivity index (χ1v) is 12.0. The summed E-state index contributed by atoms with van der Waals surface area (Å²) in [5.41, 5.74) is 1.54. The van der Waals surface area contributed by atoms with Gasteiger partial charge in [0, 0.05) is 22.2 Å². The molecule has 2 heterocycles. The van der Waals surface area contributed by atoms with Gasteiger partial charge < -0.3 is 4.90 Å². The van der Waals surface area contributed by atoms with Gasteiger partial charge in [-0.1, -0.05) is 27.7 Å². The lowest BCUT2D eigenvalue weighted by Crippen LogP contribution is -2.34. The zero-order valence-electron chi connectivity index (χ0n) is 17.5. The van der Waals surface area contributed by atoms with Crippen LogP contribution in [-0.4, -0.2) is 55.0 Å². The van der Waals surface area contributed by atoms with Gasteiger partial charge >= 0.3 is 0 Å². The van der Waals surface area contributed by atoms with Crippen LogP contribution < -0.4 is 4.72 Å². The van der Waals surface area contributed by atoms with Gasteiger partial charge in [-0.05, 0) is 45.3 Å². The second kappa shape index (κ2) is 7.11. The highest BCUT2D eigenvalue weighted by Gasteiger charge is 2.40. The molecule has 0 aromatic carbocycles. The molecule has 28 heavy (non-hydrogen) atoms. The summed E-state index contributed by atoms with van der Waals surface area (Å²) in [7, 11) is 0.0908. The molecule has 0 atom stereocenters. The van der Waals surface area contributed by atoms with E-state index in [1.807, 2.05) is 23.4 Å². The number of aromatic nitrogens is 2. The standard InChI is InChI=1S/C19H30N4O3S2/c1-18(2)10-14-15(19(3,4)12-18)27-17-20-13(11-23(14)17)16(24)21-28(25,26)9-7-8-22(5)6/h11H,7-10,12H2,1-6H3,(H,21,24). The van der Waals surface area contributed by atoms with Gasteiger partial charge in [0.25, 0.3) is 5.91 Å². The van der Waals surface area contributed by atoms with Crippen LogP contribution in [0.2, 0.25) is 0 Å². The molecular formula is C19H30N4O3S2. The van der Waals surface area contributed by atoms with Gasteiger partial charge in [0.15, 0.2) is 4.96 Å². The summed E-state index contributed by atoms with van der Waals surface area (Å²) in [4.78, 5) is 20.9. The smallest absolute Gasteiger partial charge is 0.284 e. The number of hydrogen-bond donors (Lipinski definition) is 1. The van der Waals surface area contributed by atoms with E-state index < -0.39 is 15.9 Å². The highest BCUT2D eigenvalue weighted by Crippen LogP contribution is 2.48. The SMILES string of the molecule is CN(C)CCCS(=O)(=O)NC(=O)c1cn2c3c(sc2n1)C(C)(C)CC(C)(C)C3. The third kappa shape index (κ3) is 4.41. The number of sulfonamides is 1. The fourth-order valence-corrected chi connectivity index (χ4v) is 6.52. The van der Waals surface area contributed by atoms with Crippen molar-refractivity contribution in [2.75, 3.05) is 26.4 Å². The molecule has 0 radical (unpaired) electrons. The Hall–Kier alpha value is -1.45. The van der Waals surface area contributed by atoms with E-state index in [9.17, 15) is 13.2 Å². The Morgan fingerprint density at radius 3 is 2.64 bits per heavy atom. The normalized spacial score (nSPS) is 18.4. The van der Waals surface area contributed by atoms with Crippen LogP contribution in [-0.2, 0) is 21.9 Å². The van der Waals surface area contributed by atoms with Crippen molar-refractivity contribution in [1.29, 1.82) is 0 Å². The number of hydrogen-bond acceptors (Lipinski definition) is 6. The lowest BCUT2D eigenvalue weighted by atomic mass is 9.67. The van der Waals surface area contributed by atoms with Crippen LogP contribution in [0.1, 0.15) is 61.6 Å². The molecular weight excluding hydrogens is 396 g/mol. The molecule has 156 valence electrons. The van der Waals surface area contributed by atoms with Gasteiger partial charge in [0.2, 0.25) is 10.0 Å². The van der Waals surface area contributed by atoms with Crippen molar-refractivity contribution in [3.05, 3.63) is 22.5 Å². The average Bonchev–Trinajstić information content (AvgIpc) is 3.04. The number of imidazole rings is 1. The van der Waals surface area contributed by atoms with Crippen LogP contribution in [0.15, 0.2) is 6.20 Å². The minimum atomic E-state index is -3.67. The summed E-state index contributed by atoms with van der Waals surface area (Å²) >= 11 is 1.60. The highest BCUT2D eigenvalue weighted by molar-refractivity contribution is 7.90. The quantitative estimate of drug-likeness (QED) is 0.768. The number of thiazole rings is 1. The van der Waals surface area contributed by atoms with Gasteiger partial charge in [0.05, 0.1) is 5.75 Å². The van der Waals surface area contributed by atoms with E-state index in [2.05, 4.69) is 37.4 Å². The summed E-state index contributed by atoms with van der Waals surface area (Å²) in [5.74, 6) is -0.750. The summed E-state index contributed by atoms with van der Waals surface area (Å²) in [5, 5.41) is 0. The van der Waals surface area contributed by atoms with Gasteiger partial charge in [-0.2, -0.15) is 0 Å². The Bertz CT molecular complexity index is 1000. The predicted molar refractivity (Wildman–Crippen MR) is 113 cm³/mol. The van der Waals surface area contributed by atoms with Crippen molar-refractivity contribution in [3.8, 4) is 0 Å². The topological polar surface area (TPSA) is 83.8 Å². The molecule has 0 spiro atoms. The summed E-state index contributed by atoms with van der Waals surface area (Å²) in [6.07, 6.45) is 4.14. The Morgan fingerprint density at radius 1 is 1.32 bits per heavy atom. The molecule has 2 aromatic heterocycles. The fourth-order valence-electron chi connectivity index (χ4n) is 4.30. The maximum Gasteiger partial charge on any atom is 0.284 e. The minimum Gasteiger partial charge on any atom is -0.309 e. The van der Waals surface area contributed by atoms with E-state index in [0.717, 1.165) is 17.8 Å². The van der Waals surface area contributed by atoms with E-state index >= 15 is 0 Å². The molecule has 3 rings (SSSR count). The van der Waals surface area contributed by atoms with Crippen LogP contribution in [0.25, 0.3) is 4.96 Å². The number of carbonyl (C=O) groups excluding carboxylic acids is 1. The number of nitrogens with zero attached hydrogens (tertiary/aromatic N) is 3. The number of amides is 1. The Balaban J connectivity index is 1.82. The van der Waals surface area contributed by atoms with E-state index in [1.54, 1.807) is 17.5 Å². The Labute approximate surface area is 171 Å². The van der Waals surface area contributed by atoms with Crippen LogP contribution >= 0.6 is 11.3 Å². The molecule has 1 aliphatic rings. The fraction of sp³-hybridized carbons (Fsp3) is 0.684. The zero-order chi connectivity index (χ0) is 20.9. The molecule has 9 heteroatoms. The molecule has 0 saturated carbocycles. The van der Waals surface area contributed by atoms with Crippen LogP contribution in [0.4, 0.5) is 0 Å². The van der Waals surface area contributed by atoms with Crippen molar-refractivity contribution in [2.45, 2.75) is 52.4 Å². The predicted octanol–water partition coefficient (Wildman–Crippen LogP) is 2.66. The van der Waals surface area contributed by atoms with Crippen molar-refractivity contribution < 1.29 is 13.2 Å². The first-order valence-electron chi connectivity index (χ1n) is 9.50. The first kappa shape index (κ1) is 21.3. The number of nitrogens with one attached hydrogen (secondary N) is 1. The molecule has 1 aliphatic carbocycles. The number of carbonyl (C=O) groups is 1. The van der Waals surface area contributed by atoms with Crippen molar-refractivity contribution in [3.63, 3.8) is 0 Å². The van der Waals surface area contributed by atoms with Crippen LogP contribution in [0, 0.1) is 5.41 Å². The van der Waals surface area contributed by atoms with Crippen LogP contribution in [0.3, 0.4) is 0 Å². The number of fused-ring (bicyclic) bond motifs is 3. The lowest BCUT2D eigenvalue weighted by molar-refractivity contribution is 0.0977. The van der Waals surface area contributed by atoms with E-state index in [1.165, 1.54) is 10.6 Å². The molecule has 0 saturated heterocycles. The van der Waals surface area contributed by atoms with Crippen molar-refractivity contribution in [1.82, 2.24) is 19.0 Å². The second-order valence-corrected chi connectivity index (χ2v) is 12.3. The largest absolute Gasteiger partial charge is 0.309 e. The molecule has 0 bridgehead atoms. The average molecular weight is 427 g/mol. The Kier molecular flexibility index (Phi) is 5.40. The zero-order valence-corrected chi connectivity index (χ0v) is 19.1. The van der Waals surface area contributed by atoms with Gasteiger partial charge in [-0.25, -0.2) is 18.1 Å².